The number of amides is 7. The van der Waals surface area contributed by atoms with Crippen molar-refractivity contribution in [2.75, 3.05) is 122 Å². The summed E-state index contributed by atoms with van der Waals surface area (Å²) in [5, 5.41) is 64.6. The van der Waals surface area contributed by atoms with Gasteiger partial charge in [0.2, 0.25) is 60.4 Å². The van der Waals surface area contributed by atoms with Crippen LogP contribution in [0.4, 0.5) is 11.9 Å². The van der Waals surface area contributed by atoms with Crippen molar-refractivity contribution in [3.05, 3.63) is 174 Å². The van der Waals surface area contributed by atoms with Gasteiger partial charge in [-0.2, -0.15) is 27.5 Å². The Hall–Kier alpha value is -12.6. The van der Waals surface area contributed by atoms with Crippen molar-refractivity contribution >= 4 is 123 Å². The van der Waals surface area contributed by atoms with Crippen molar-refractivity contribution in [2.24, 2.45) is 0 Å². The zero-order valence-electron chi connectivity index (χ0n) is 74.1. The number of aryl methyl sites for hydroxylation is 8. The topological polar surface area (TPSA) is 638 Å². The summed E-state index contributed by atoms with van der Waals surface area (Å²) < 4.78 is 97.9. The van der Waals surface area contributed by atoms with Crippen LogP contribution in [-0.4, -0.2) is 300 Å². The van der Waals surface area contributed by atoms with E-state index in [1.807, 2.05) is 16.8 Å². The number of carboxylic acids is 2. The zero-order valence-corrected chi connectivity index (χ0v) is 76.5. The molecule has 132 heavy (non-hydrogen) atoms. The van der Waals surface area contributed by atoms with E-state index >= 15 is 0 Å². The fraction of sp³-hybridized carbons (Fsp3) is 0.452. The first-order chi connectivity index (χ1) is 62.5. The summed E-state index contributed by atoms with van der Waals surface area (Å²) in [4.78, 5) is 191. The van der Waals surface area contributed by atoms with Crippen LogP contribution in [0, 0.1) is 41.5 Å². The number of aliphatic hydroxyl groups excluding tert-OH is 2. The molecule has 1 aliphatic heterocycles. The number of aliphatic hydroxyl groups is 2. The monoisotopic (exact) mass is 1900 g/mol. The van der Waals surface area contributed by atoms with Gasteiger partial charge in [0.25, 0.3) is 21.9 Å². The van der Waals surface area contributed by atoms with E-state index in [1.54, 1.807) is 130 Å². The minimum atomic E-state index is -5.14. The molecule has 0 bridgehead atoms. The molecular weight excluding hydrogens is 1780 g/mol. The number of sulfonamides is 2. The minimum absolute atomic E-state index is 0.00120. The summed E-state index contributed by atoms with van der Waals surface area (Å²) in [5.74, 6) is -10.6. The van der Waals surface area contributed by atoms with Crippen molar-refractivity contribution in [3.63, 3.8) is 0 Å². The summed E-state index contributed by atoms with van der Waals surface area (Å²) in [6, 6.07) is 7.12. The number of nitrogens with zero attached hydrogens (tertiary/aromatic N) is 8. The Kier molecular flexibility index (Phi) is 38.9. The quantitative estimate of drug-likeness (QED) is 0.0154. The summed E-state index contributed by atoms with van der Waals surface area (Å²) in [7, 11) is -12.3. The first-order valence-electron chi connectivity index (χ1n) is 42.0. The van der Waals surface area contributed by atoms with Gasteiger partial charge in [-0.25, -0.2) is 26.8 Å². The molecule has 45 nitrogen and oxygen atoms in total. The van der Waals surface area contributed by atoms with E-state index < -0.39 is 167 Å². The highest BCUT2D eigenvalue weighted by molar-refractivity contribution is 7.90. The number of hydrogen-bond donors (Lipinski definition) is 18. The van der Waals surface area contributed by atoms with Crippen molar-refractivity contribution in [2.45, 2.75) is 147 Å². The lowest BCUT2D eigenvalue weighted by Gasteiger charge is -2.32. The Morgan fingerprint density at radius 2 is 0.917 bits per heavy atom. The molecule has 48 heteroatoms. The number of imidazole rings is 2. The molecular formula is C84H113N21O24S3. The molecule has 2 unspecified atom stereocenters. The lowest BCUT2D eigenvalue weighted by molar-refractivity contribution is -0.192. The Bertz CT molecular complexity index is 5930. The van der Waals surface area contributed by atoms with Crippen LogP contribution in [0.15, 0.2) is 117 Å². The van der Waals surface area contributed by atoms with Crippen molar-refractivity contribution in [1.82, 2.24) is 95.3 Å². The number of aromatic nitrogens is 6. The molecule has 4 aromatic carbocycles. The van der Waals surface area contributed by atoms with Gasteiger partial charge in [-0.05, 0) is 132 Å². The number of likely N-dealkylation sites (N-methyl/N-ethyl adjacent to an activating group) is 1. The molecule has 5 heterocycles. The van der Waals surface area contributed by atoms with E-state index in [-0.39, 0.29) is 130 Å². The predicted molar refractivity (Wildman–Crippen MR) is 481 cm³/mol. The van der Waals surface area contributed by atoms with Gasteiger partial charge in [0.05, 0.1) is 40.8 Å². The highest BCUT2D eigenvalue weighted by atomic mass is 32.2. The van der Waals surface area contributed by atoms with Gasteiger partial charge in [-0.1, -0.05) is 54.4 Å². The highest BCUT2D eigenvalue weighted by Gasteiger charge is 2.35. The lowest BCUT2D eigenvalue weighted by atomic mass is 10.1. The highest BCUT2D eigenvalue weighted by Crippen LogP contribution is 2.26. The fourth-order valence-corrected chi connectivity index (χ4v) is 19.0. The van der Waals surface area contributed by atoms with Crippen molar-refractivity contribution in [3.8, 4) is 0 Å². The third-order valence-electron chi connectivity index (χ3n) is 21.5. The molecule has 1 saturated heterocycles. The number of anilines is 2. The molecule has 8 aromatic rings. The number of hydrogen-bond acceptors (Lipinski definition) is 29. The molecule has 0 radical (unpaired) electrons. The minimum Gasteiger partial charge on any atom is -0.480 e. The number of carbonyl (C=O) groups excluding carboxylic acids is 9. The number of nitrogens with one attached hydrogen (secondary N) is 13. The summed E-state index contributed by atoms with van der Waals surface area (Å²) in [6.45, 7) is 11.6. The molecule has 9 rings (SSSR count). The summed E-state index contributed by atoms with van der Waals surface area (Å²) in [5.41, 5.74) is 2.34. The number of carbonyl (C=O) groups is 9. The van der Waals surface area contributed by atoms with E-state index in [1.165, 1.54) is 35.3 Å². The van der Waals surface area contributed by atoms with Crippen LogP contribution < -0.4 is 68.2 Å². The maximum absolute atomic E-state index is 14.8. The fourth-order valence-electron chi connectivity index (χ4n) is 15.0. The van der Waals surface area contributed by atoms with Crippen LogP contribution >= 0.6 is 0 Å². The van der Waals surface area contributed by atoms with Gasteiger partial charge < -0.3 is 92.3 Å². The van der Waals surface area contributed by atoms with Crippen molar-refractivity contribution in [1.29, 1.82) is 0 Å². The van der Waals surface area contributed by atoms with Crippen LogP contribution in [-0.2, 0) is 99.5 Å². The van der Waals surface area contributed by atoms with Crippen LogP contribution in [0.5, 0.6) is 0 Å². The Balaban J connectivity index is 0.00000706. The van der Waals surface area contributed by atoms with E-state index in [4.69, 9.17) is 9.59 Å². The van der Waals surface area contributed by atoms with E-state index in [0.29, 0.717) is 83.5 Å². The second-order valence-electron chi connectivity index (χ2n) is 31.8. The van der Waals surface area contributed by atoms with Gasteiger partial charge in [0.15, 0.2) is 11.9 Å². The van der Waals surface area contributed by atoms with Crippen molar-refractivity contribution < 1.29 is 103 Å². The lowest BCUT2D eigenvalue weighted by Crippen LogP contribution is -2.57. The first kappa shape index (κ1) is 105. The number of pyridine rings is 2. The van der Waals surface area contributed by atoms with Gasteiger partial charge in [-0.3, -0.25) is 72.0 Å². The van der Waals surface area contributed by atoms with Crippen LogP contribution in [0.25, 0.3) is 21.8 Å². The third kappa shape index (κ3) is 30.8. The normalized spacial score (nSPS) is 14.5. The maximum atomic E-state index is 14.8. The molecule has 4 aromatic heterocycles. The average molecular weight is 1900 g/mol. The average Bonchev–Trinajstić information content (AvgIpc) is 0.851. The Labute approximate surface area is 760 Å². The summed E-state index contributed by atoms with van der Waals surface area (Å²) >= 11 is 0. The number of aromatic amines is 2. The zero-order chi connectivity index (χ0) is 96.9. The SMILES string of the molecule is CC[C@H](NC(=O)CC[C@H](NC(=O)CN1CCN(C)CCN(CO)CCN(CO)CC1)C(=O)N[C@@H](CS(=O)(=O)O)C(=O)NCCCn1cc(C(=O)NCC(NS(=O)(=O)c2c(C)cc(C)cc2C)C(=O)O)c(=O)c2ccc(CNc3ncc[nH]3)cc21)C(=O)NCCCn1cc(C(=O)NCC(NS(=O)(=O)c2c(C)cc(C)cc2C)C(=O)O)c(=O)c2ccc(CNc3ncc[nH]3)cc21.O=C=O. The predicted octanol–water partition coefficient (Wildman–Crippen LogP) is -1.43. The smallest absolute Gasteiger partial charge is 0.373 e. The van der Waals surface area contributed by atoms with Crippen LogP contribution in [0.1, 0.15) is 104 Å². The number of benzene rings is 4. The van der Waals surface area contributed by atoms with Gasteiger partial charge >= 0.3 is 18.1 Å². The van der Waals surface area contributed by atoms with Gasteiger partial charge in [0, 0.05) is 159 Å². The molecule has 1 fully saturated rings. The van der Waals surface area contributed by atoms with Gasteiger partial charge in [-0.15, -0.1) is 0 Å². The first-order valence-corrected chi connectivity index (χ1v) is 46.6. The Morgan fingerprint density at radius 1 is 0.515 bits per heavy atom. The molecule has 1 aliphatic rings. The van der Waals surface area contributed by atoms with E-state index in [0.717, 1.165) is 11.1 Å². The largest absolute Gasteiger partial charge is 0.480 e. The molecule has 7 amide bonds. The molecule has 5 atom stereocenters. The van der Waals surface area contributed by atoms with E-state index in [2.05, 4.69) is 77.2 Å². The number of H-pyrrole nitrogens is 2. The Morgan fingerprint density at radius 3 is 1.31 bits per heavy atom. The van der Waals surface area contributed by atoms with Crippen LogP contribution in [0.3, 0.4) is 0 Å². The number of aliphatic carboxylic acids is 2. The second-order valence-corrected chi connectivity index (χ2v) is 36.6. The molecule has 0 spiro atoms. The second kappa shape index (κ2) is 49.1. The van der Waals surface area contributed by atoms with E-state index in [9.17, 15) is 103 Å². The number of fused-ring (bicyclic) bond motifs is 2. The molecule has 18 N–H and O–H groups in total. The van der Waals surface area contributed by atoms with Crippen LogP contribution in [0.2, 0.25) is 0 Å². The molecule has 0 aliphatic carbocycles. The molecule has 716 valence electrons. The maximum Gasteiger partial charge on any atom is 0.373 e. The number of rotatable bonds is 44. The van der Waals surface area contributed by atoms with Gasteiger partial charge in [0.1, 0.15) is 47.1 Å². The molecule has 0 saturated carbocycles. The standard InChI is InChI=1S/C83H113N21O22S3.CO2/c1-9-62(77(113)84-18-10-24-103-44-60(71(109)58-14-12-56(38-67(58)103)40-92-82-86-20-21-87-82)75(111)90-42-64(80(116)117)97-128(123,124)73-52(4)34-50(2)35-53(73)5)94-69(107)17-16-63(95-70(108)46-100-28-26-99(8)27-29-101(48-105)32-33-102(49-106)31-30-100)79(115)96-66(47-127(120,121)122)78(114)85-19-11-25-104-45-61(72(110)59-15-13-57(39-68(59)104)41-93-83-88-22-23-89-83)76(112)91-43-65(81(118)119)98-129(125,126)74-54(6)36-51(3)37-55(74)7;2-1-3/h12-15,20-23,34-39,44-45,62-66,97-98,105-106H,9-11,16-19,24-33,40-43,46-49H2,1-8H3,(H,84,113)(H,85,114)(H,90,111)(H,91,112)(H,94,107)(H,95,108)(H,96,115)(H,116,117)(H,118,119)(H2,86,87,92)(H2,88,89,93)(H,120,121,122);/t62-,63-,64?,65?,66-;/m0./s1. The number of carboxylic acid groups (broad SMARTS) is 2. The third-order valence-corrected chi connectivity index (χ3v) is 25.8. The summed E-state index contributed by atoms with van der Waals surface area (Å²) in [6.07, 6.45) is 7.85.